The summed E-state index contributed by atoms with van der Waals surface area (Å²) in [5.41, 5.74) is 5.08. The lowest BCUT2D eigenvalue weighted by atomic mass is 10.3. The number of carbonyl (C=O) groups is 2. The van der Waals surface area contributed by atoms with Gasteiger partial charge in [0, 0.05) is 6.04 Å². The van der Waals surface area contributed by atoms with Crippen LogP contribution in [0.15, 0.2) is 0 Å². The van der Waals surface area contributed by atoms with E-state index in [-0.39, 0.29) is 31.2 Å². The van der Waals surface area contributed by atoms with Gasteiger partial charge in [0.05, 0.1) is 19.2 Å². The van der Waals surface area contributed by atoms with Crippen LogP contribution in [0, 0.1) is 0 Å². The quantitative estimate of drug-likeness (QED) is 0.641. The molecular formula is C10H20N2O3. The lowest BCUT2D eigenvalue weighted by Crippen LogP contribution is -2.42. The number of primary amides is 1. The molecule has 0 aromatic rings. The molecule has 0 aliphatic rings. The molecule has 15 heavy (non-hydrogen) atoms. The van der Waals surface area contributed by atoms with Gasteiger partial charge in [-0.1, -0.05) is 0 Å². The first-order valence-electron chi connectivity index (χ1n) is 5.04. The van der Waals surface area contributed by atoms with Crippen molar-refractivity contribution in [2.75, 3.05) is 13.1 Å². The lowest BCUT2D eigenvalue weighted by Gasteiger charge is -2.24. The van der Waals surface area contributed by atoms with Gasteiger partial charge in [0.1, 0.15) is 0 Å². The standard InChI is InChI=1S/C10H20N2O3/c1-7(2)12(5-9(11)13)6-10(14)15-8(3)4/h7-8H,5-6H2,1-4H3,(H2,11,13). The van der Waals surface area contributed by atoms with Crippen LogP contribution in [0.5, 0.6) is 0 Å². The number of hydrogen-bond acceptors (Lipinski definition) is 4. The van der Waals surface area contributed by atoms with Crippen LogP contribution in [0.2, 0.25) is 0 Å². The van der Waals surface area contributed by atoms with Gasteiger partial charge in [-0.25, -0.2) is 0 Å². The SMILES string of the molecule is CC(C)OC(=O)CN(CC(N)=O)C(C)C. The summed E-state index contributed by atoms with van der Waals surface area (Å²) in [4.78, 5) is 23.8. The average Bonchev–Trinajstić information content (AvgIpc) is 1.99. The molecule has 0 unspecified atom stereocenters. The minimum absolute atomic E-state index is 0.0743. The molecule has 0 saturated heterocycles. The van der Waals surface area contributed by atoms with Crippen LogP contribution >= 0.6 is 0 Å². The highest BCUT2D eigenvalue weighted by atomic mass is 16.5. The molecule has 0 fully saturated rings. The Morgan fingerprint density at radius 2 is 1.73 bits per heavy atom. The summed E-state index contributed by atoms with van der Waals surface area (Å²) in [6.07, 6.45) is -0.139. The molecule has 5 nitrogen and oxygen atoms in total. The van der Waals surface area contributed by atoms with Gasteiger partial charge in [0.2, 0.25) is 5.91 Å². The van der Waals surface area contributed by atoms with E-state index in [1.165, 1.54) is 0 Å². The van der Waals surface area contributed by atoms with Gasteiger partial charge < -0.3 is 10.5 Å². The lowest BCUT2D eigenvalue weighted by molar-refractivity contribution is -0.149. The fraction of sp³-hybridized carbons (Fsp3) is 0.800. The average molecular weight is 216 g/mol. The van der Waals surface area contributed by atoms with Gasteiger partial charge in [-0.05, 0) is 27.7 Å². The molecule has 0 aliphatic carbocycles. The normalized spacial score (nSPS) is 11.1. The predicted molar refractivity (Wildman–Crippen MR) is 57.1 cm³/mol. The third kappa shape index (κ3) is 6.90. The summed E-state index contributed by atoms with van der Waals surface area (Å²) in [5.74, 6) is -0.777. The van der Waals surface area contributed by atoms with E-state index < -0.39 is 5.91 Å². The maximum Gasteiger partial charge on any atom is 0.320 e. The Kier molecular flexibility index (Phi) is 5.93. The highest BCUT2D eigenvalue weighted by Crippen LogP contribution is 1.99. The second kappa shape index (κ2) is 6.40. The van der Waals surface area contributed by atoms with E-state index in [4.69, 9.17) is 10.5 Å². The smallest absolute Gasteiger partial charge is 0.320 e. The Morgan fingerprint density at radius 1 is 1.20 bits per heavy atom. The fourth-order valence-corrected chi connectivity index (χ4v) is 1.09. The van der Waals surface area contributed by atoms with Crippen molar-refractivity contribution in [3.05, 3.63) is 0 Å². The highest BCUT2D eigenvalue weighted by Gasteiger charge is 2.17. The molecule has 0 bridgehead atoms. The van der Waals surface area contributed by atoms with Gasteiger partial charge in [-0.3, -0.25) is 14.5 Å². The fourth-order valence-electron chi connectivity index (χ4n) is 1.09. The van der Waals surface area contributed by atoms with E-state index in [0.717, 1.165) is 0 Å². The maximum absolute atomic E-state index is 11.3. The van der Waals surface area contributed by atoms with Crippen molar-refractivity contribution in [1.29, 1.82) is 0 Å². The van der Waals surface area contributed by atoms with Crippen molar-refractivity contribution in [3.8, 4) is 0 Å². The summed E-state index contributed by atoms with van der Waals surface area (Å²) in [5, 5.41) is 0. The van der Waals surface area contributed by atoms with E-state index in [1.807, 2.05) is 13.8 Å². The molecule has 0 saturated carbocycles. The topological polar surface area (TPSA) is 72.6 Å². The molecule has 0 rings (SSSR count). The van der Waals surface area contributed by atoms with E-state index in [9.17, 15) is 9.59 Å². The van der Waals surface area contributed by atoms with Crippen molar-refractivity contribution in [3.63, 3.8) is 0 Å². The molecule has 2 N–H and O–H groups in total. The Balaban J connectivity index is 4.16. The van der Waals surface area contributed by atoms with E-state index in [1.54, 1.807) is 18.7 Å². The van der Waals surface area contributed by atoms with Crippen LogP contribution in [0.3, 0.4) is 0 Å². The molecule has 0 aromatic heterocycles. The Morgan fingerprint density at radius 3 is 2.07 bits per heavy atom. The number of rotatable bonds is 6. The van der Waals surface area contributed by atoms with Crippen LogP contribution in [0.1, 0.15) is 27.7 Å². The van der Waals surface area contributed by atoms with Gasteiger partial charge in [-0.2, -0.15) is 0 Å². The van der Waals surface area contributed by atoms with Crippen molar-refractivity contribution >= 4 is 11.9 Å². The summed E-state index contributed by atoms with van der Waals surface area (Å²) in [6, 6.07) is 0.0808. The Hall–Kier alpha value is -1.10. The second-order valence-corrected chi connectivity index (χ2v) is 4.00. The second-order valence-electron chi connectivity index (χ2n) is 4.00. The number of carbonyl (C=O) groups excluding carboxylic acids is 2. The van der Waals surface area contributed by atoms with Gasteiger partial charge in [-0.15, -0.1) is 0 Å². The number of esters is 1. The van der Waals surface area contributed by atoms with Crippen molar-refractivity contribution in [2.24, 2.45) is 5.73 Å². The van der Waals surface area contributed by atoms with Gasteiger partial charge in [0.15, 0.2) is 0 Å². The zero-order valence-corrected chi connectivity index (χ0v) is 9.82. The summed E-state index contributed by atoms with van der Waals surface area (Å²) in [7, 11) is 0. The van der Waals surface area contributed by atoms with Crippen molar-refractivity contribution < 1.29 is 14.3 Å². The van der Waals surface area contributed by atoms with E-state index in [0.29, 0.717) is 0 Å². The number of hydrogen-bond donors (Lipinski definition) is 1. The van der Waals surface area contributed by atoms with Gasteiger partial charge >= 0.3 is 5.97 Å². The molecule has 0 radical (unpaired) electrons. The summed E-state index contributed by atoms with van der Waals surface area (Å²) >= 11 is 0. The zero-order chi connectivity index (χ0) is 12.0. The third-order valence-electron chi connectivity index (χ3n) is 1.79. The van der Waals surface area contributed by atoms with Crippen molar-refractivity contribution in [2.45, 2.75) is 39.8 Å². The Labute approximate surface area is 90.6 Å². The van der Waals surface area contributed by atoms with E-state index >= 15 is 0 Å². The molecule has 0 aromatic carbocycles. The van der Waals surface area contributed by atoms with E-state index in [2.05, 4.69) is 0 Å². The number of nitrogens with zero attached hydrogens (tertiary/aromatic N) is 1. The molecule has 0 atom stereocenters. The molecular weight excluding hydrogens is 196 g/mol. The molecule has 0 spiro atoms. The molecule has 0 heterocycles. The predicted octanol–water partition coefficient (Wildman–Crippen LogP) is 0.134. The first kappa shape index (κ1) is 13.9. The maximum atomic E-state index is 11.3. The third-order valence-corrected chi connectivity index (χ3v) is 1.79. The first-order valence-corrected chi connectivity index (χ1v) is 5.04. The molecule has 5 heteroatoms. The minimum atomic E-state index is -0.443. The monoisotopic (exact) mass is 216 g/mol. The Bertz CT molecular complexity index is 227. The van der Waals surface area contributed by atoms with Crippen LogP contribution < -0.4 is 5.73 Å². The van der Waals surface area contributed by atoms with Crippen LogP contribution in [0.4, 0.5) is 0 Å². The summed E-state index contributed by atoms with van der Waals surface area (Å²) in [6.45, 7) is 7.53. The van der Waals surface area contributed by atoms with Crippen LogP contribution in [-0.4, -0.2) is 42.0 Å². The number of nitrogens with two attached hydrogens (primary N) is 1. The molecule has 1 amide bonds. The largest absolute Gasteiger partial charge is 0.462 e. The van der Waals surface area contributed by atoms with Crippen LogP contribution in [-0.2, 0) is 14.3 Å². The molecule has 88 valence electrons. The minimum Gasteiger partial charge on any atom is -0.462 e. The molecule has 0 aliphatic heterocycles. The highest BCUT2D eigenvalue weighted by molar-refractivity contribution is 5.77. The van der Waals surface area contributed by atoms with Crippen molar-refractivity contribution in [1.82, 2.24) is 4.90 Å². The summed E-state index contributed by atoms with van der Waals surface area (Å²) < 4.78 is 4.98. The zero-order valence-electron chi connectivity index (χ0n) is 9.82. The van der Waals surface area contributed by atoms with Gasteiger partial charge in [0.25, 0.3) is 0 Å². The number of amides is 1. The number of ether oxygens (including phenoxy) is 1. The first-order chi connectivity index (χ1) is 6.82. The van der Waals surface area contributed by atoms with Crippen LogP contribution in [0.25, 0.3) is 0 Å².